The van der Waals surface area contributed by atoms with E-state index in [9.17, 15) is 8.42 Å². The molecule has 154 valence electrons. The van der Waals surface area contributed by atoms with Gasteiger partial charge < -0.3 is 0 Å². The SMILES string of the molecule is CS(=O)(=O)Cc1cc(CN2CCC[C@H](Cc3ccc4[nH]ncc4c3)C2)ccc1Cl. The molecule has 0 radical (unpaired) electrons. The molecule has 0 saturated carbocycles. The van der Waals surface area contributed by atoms with Crippen LogP contribution in [0.1, 0.15) is 29.5 Å². The van der Waals surface area contributed by atoms with Gasteiger partial charge in [0.1, 0.15) is 0 Å². The number of piperidine rings is 1. The second-order valence-electron chi connectivity index (χ2n) is 8.23. The summed E-state index contributed by atoms with van der Waals surface area (Å²) in [5.74, 6) is 0.606. The number of hydrogen-bond acceptors (Lipinski definition) is 4. The predicted molar refractivity (Wildman–Crippen MR) is 118 cm³/mol. The van der Waals surface area contributed by atoms with E-state index in [-0.39, 0.29) is 5.75 Å². The van der Waals surface area contributed by atoms with Gasteiger partial charge in [0.25, 0.3) is 0 Å². The lowest BCUT2D eigenvalue weighted by Gasteiger charge is -2.33. The first-order chi connectivity index (χ1) is 13.9. The Morgan fingerprint density at radius 2 is 2.03 bits per heavy atom. The Morgan fingerprint density at radius 3 is 2.86 bits per heavy atom. The fourth-order valence-corrected chi connectivity index (χ4v) is 5.36. The maximum Gasteiger partial charge on any atom is 0.151 e. The van der Waals surface area contributed by atoms with Crippen molar-refractivity contribution in [2.75, 3.05) is 19.3 Å². The number of likely N-dealkylation sites (tertiary alicyclic amines) is 1. The Morgan fingerprint density at radius 1 is 1.21 bits per heavy atom. The minimum absolute atomic E-state index is 0.0151. The molecule has 2 heterocycles. The molecule has 0 amide bonds. The van der Waals surface area contributed by atoms with Crippen molar-refractivity contribution in [3.05, 3.63) is 64.3 Å². The van der Waals surface area contributed by atoms with Gasteiger partial charge in [0, 0.05) is 29.8 Å². The Labute approximate surface area is 177 Å². The smallest absolute Gasteiger partial charge is 0.151 e. The zero-order valence-electron chi connectivity index (χ0n) is 16.6. The van der Waals surface area contributed by atoms with E-state index in [0.717, 1.165) is 42.5 Å². The van der Waals surface area contributed by atoms with E-state index >= 15 is 0 Å². The zero-order chi connectivity index (χ0) is 20.4. The molecule has 0 bridgehead atoms. The van der Waals surface area contributed by atoms with Crippen LogP contribution in [-0.4, -0.2) is 42.9 Å². The van der Waals surface area contributed by atoms with Crippen LogP contribution in [0.3, 0.4) is 0 Å². The molecule has 4 rings (SSSR count). The van der Waals surface area contributed by atoms with Crippen molar-refractivity contribution in [2.45, 2.75) is 31.6 Å². The number of halogens is 1. The third kappa shape index (κ3) is 5.38. The molecule has 1 N–H and O–H groups in total. The summed E-state index contributed by atoms with van der Waals surface area (Å²) >= 11 is 6.21. The van der Waals surface area contributed by atoms with E-state index in [2.05, 4.69) is 33.3 Å². The van der Waals surface area contributed by atoms with Crippen LogP contribution in [0.2, 0.25) is 5.02 Å². The van der Waals surface area contributed by atoms with Crippen LogP contribution in [0.25, 0.3) is 10.9 Å². The summed E-state index contributed by atoms with van der Waals surface area (Å²) in [6.45, 7) is 2.94. The third-order valence-corrected chi connectivity index (χ3v) is 6.77. The van der Waals surface area contributed by atoms with Crippen molar-refractivity contribution in [2.24, 2.45) is 5.92 Å². The summed E-state index contributed by atoms with van der Waals surface area (Å²) < 4.78 is 23.3. The van der Waals surface area contributed by atoms with Gasteiger partial charge in [-0.1, -0.05) is 29.8 Å². The number of fused-ring (bicyclic) bond motifs is 1. The van der Waals surface area contributed by atoms with Crippen LogP contribution in [0.4, 0.5) is 0 Å². The van der Waals surface area contributed by atoms with E-state index in [4.69, 9.17) is 11.6 Å². The molecule has 1 aliphatic heterocycles. The van der Waals surface area contributed by atoms with E-state index in [1.807, 2.05) is 24.4 Å². The number of sulfone groups is 1. The molecule has 5 nitrogen and oxygen atoms in total. The highest BCUT2D eigenvalue weighted by molar-refractivity contribution is 7.89. The Hall–Kier alpha value is -1.89. The first kappa shape index (κ1) is 20.4. The van der Waals surface area contributed by atoms with Gasteiger partial charge in [0.15, 0.2) is 9.84 Å². The number of H-pyrrole nitrogens is 1. The Kier molecular flexibility index (Phi) is 5.95. The average Bonchev–Trinajstić information content (AvgIpc) is 3.11. The summed E-state index contributed by atoms with van der Waals surface area (Å²) in [4.78, 5) is 2.47. The number of benzene rings is 2. The van der Waals surface area contributed by atoms with Crippen molar-refractivity contribution in [1.82, 2.24) is 15.1 Å². The molecular formula is C22H26ClN3O2S. The van der Waals surface area contributed by atoms with Crippen LogP contribution in [0.5, 0.6) is 0 Å². The minimum atomic E-state index is -3.11. The van der Waals surface area contributed by atoms with Crippen LogP contribution in [0.15, 0.2) is 42.6 Å². The molecule has 1 atom stereocenters. The summed E-state index contributed by atoms with van der Waals surface area (Å²) in [6, 6.07) is 12.3. The first-order valence-electron chi connectivity index (χ1n) is 9.95. The molecule has 1 aliphatic rings. The molecular weight excluding hydrogens is 406 g/mol. The van der Waals surface area contributed by atoms with E-state index in [0.29, 0.717) is 16.5 Å². The molecule has 1 saturated heterocycles. The lowest BCUT2D eigenvalue weighted by Crippen LogP contribution is -2.35. The van der Waals surface area contributed by atoms with Gasteiger partial charge in [-0.05, 0) is 66.6 Å². The summed E-state index contributed by atoms with van der Waals surface area (Å²) in [5.41, 5.74) is 4.24. The Balaban J connectivity index is 1.41. The zero-order valence-corrected chi connectivity index (χ0v) is 18.1. The third-order valence-electron chi connectivity index (χ3n) is 5.57. The van der Waals surface area contributed by atoms with E-state index < -0.39 is 9.84 Å². The second kappa shape index (κ2) is 8.46. The lowest BCUT2D eigenvalue weighted by molar-refractivity contribution is 0.167. The van der Waals surface area contributed by atoms with Gasteiger partial charge in [-0.3, -0.25) is 10.00 Å². The van der Waals surface area contributed by atoms with Crippen LogP contribution < -0.4 is 0 Å². The van der Waals surface area contributed by atoms with Gasteiger partial charge in [0.2, 0.25) is 0 Å². The van der Waals surface area contributed by atoms with Crippen molar-refractivity contribution in [3.63, 3.8) is 0 Å². The maximum absolute atomic E-state index is 11.7. The van der Waals surface area contributed by atoms with Gasteiger partial charge in [0.05, 0.1) is 17.5 Å². The standard InChI is InChI=1S/C22H26ClN3O2S/c1-29(27,28)15-20-11-18(4-6-21(20)23)14-26-8-2-3-17(13-26)9-16-5-7-22-19(10-16)12-24-25-22/h4-7,10-12,17H,2-3,8-9,13-15H2,1H3,(H,24,25)/t17-/m1/s1. The van der Waals surface area contributed by atoms with Crippen LogP contribution in [-0.2, 0) is 28.6 Å². The molecule has 1 aromatic heterocycles. The van der Waals surface area contributed by atoms with E-state index in [1.165, 1.54) is 24.7 Å². The van der Waals surface area contributed by atoms with E-state index in [1.54, 1.807) is 0 Å². The van der Waals surface area contributed by atoms with Crippen molar-refractivity contribution in [1.29, 1.82) is 0 Å². The van der Waals surface area contributed by atoms with Gasteiger partial charge in [-0.25, -0.2) is 8.42 Å². The van der Waals surface area contributed by atoms with Crippen LogP contribution in [0, 0.1) is 5.92 Å². The monoisotopic (exact) mass is 431 g/mol. The number of aromatic nitrogens is 2. The quantitative estimate of drug-likeness (QED) is 0.634. The average molecular weight is 432 g/mol. The fourth-order valence-electron chi connectivity index (χ4n) is 4.29. The van der Waals surface area contributed by atoms with Crippen molar-refractivity contribution >= 4 is 32.3 Å². The highest BCUT2D eigenvalue weighted by Crippen LogP contribution is 2.25. The highest BCUT2D eigenvalue weighted by Gasteiger charge is 2.21. The van der Waals surface area contributed by atoms with Gasteiger partial charge in [-0.15, -0.1) is 0 Å². The normalized spacial score (nSPS) is 18.3. The van der Waals surface area contributed by atoms with Crippen molar-refractivity contribution < 1.29 is 8.42 Å². The fraction of sp³-hybridized carbons (Fsp3) is 0.409. The van der Waals surface area contributed by atoms with Crippen molar-refractivity contribution in [3.8, 4) is 0 Å². The molecule has 2 aromatic carbocycles. The largest absolute Gasteiger partial charge is 0.299 e. The number of aromatic amines is 1. The Bertz CT molecular complexity index is 1110. The summed E-state index contributed by atoms with van der Waals surface area (Å²) in [7, 11) is -3.11. The summed E-state index contributed by atoms with van der Waals surface area (Å²) in [6.07, 6.45) is 6.60. The molecule has 0 spiro atoms. The molecule has 29 heavy (non-hydrogen) atoms. The minimum Gasteiger partial charge on any atom is -0.299 e. The number of nitrogens with zero attached hydrogens (tertiary/aromatic N) is 2. The molecule has 1 fully saturated rings. The molecule has 0 unspecified atom stereocenters. The number of hydrogen-bond donors (Lipinski definition) is 1. The second-order valence-corrected chi connectivity index (χ2v) is 10.8. The summed E-state index contributed by atoms with van der Waals surface area (Å²) in [5, 5.41) is 8.79. The number of nitrogens with one attached hydrogen (secondary N) is 1. The number of rotatable bonds is 6. The van der Waals surface area contributed by atoms with Gasteiger partial charge in [-0.2, -0.15) is 5.10 Å². The molecule has 7 heteroatoms. The maximum atomic E-state index is 11.7. The lowest BCUT2D eigenvalue weighted by atomic mass is 9.90. The van der Waals surface area contributed by atoms with Gasteiger partial charge >= 0.3 is 0 Å². The molecule has 0 aliphatic carbocycles. The topological polar surface area (TPSA) is 66.1 Å². The predicted octanol–water partition coefficient (Wildman–Crippen LogP) is 4.22. The van der Waals surface area contributed by atoms with Crippen LogP contribution >= 0.6 is 11.6 Å². The molecule has 3 aromatic rings. The first-order valence-corrected chi connectivity index (χ1v) is 12.4. The highest BCUT2D eigenvalue weighted by atomic mass is 35.5.